The van der Waals surface area contributed by atoms with E-state index in [4.69, 9.17) is 18.9 Å². The zero-order chi connectivity index (χ0) is 27.6. The maximum Gasteiger partial charge on any atom is 0.252 e. The standard InChI is InChI=1S/C27H36N2O8S/c1-3-10-34-12-14-36-16-17-37-15-13-35-11-9-29-27(31)24-19-23(20-28-21-24)26(30)8-18-38(32,33)25-6-4-22(2)5-7-25/h3-7,19-21H,1,8-18H2,2H3,(H,29,31). The highest BCUT2D eigenvalue weighted by Gasteiger charge is 2.18. The Morgan fingerprint density at radius 2 is 1.47 bits per heavy atom. The third-order valence-corrected chi connectivity index (χ3v) is 6.92. The summed E-state index contributed by atoms with van der Waals surface area (Å²) in [5.41, 5.74) is 1.33. The summed E-state index contributed by atoms with van der Waals surface area (Å²) in [7, 11) is -3.60. The molecule has 1 heterocycles. The van der Waals surface area contributed by atoms with Gasteiger partial charge in [-0.1, -0.05) is 23.8 Å². The van der Waals surface area contributed by atoms with Gasteiger partial charge < -0.3 is 24.3 Å². The van der Waals surface area contributed by atoms with Crippen LogP contribution in [0.1, 0.15) is 32.7 Å². The molecule has 0 saturated carbocycles. The SMILES string of the molecule is C=CCOCCOCCOCCOCCNC(=O)c1cncc(C(=O)CCS(=O)(=O)c2ccc(C)cc2)c1. The summed E-state index contributed by atoms with van der Waals surface area (Å²) < 4.78 is 46.4. The molecule has 2 aromatic rings. The first-order valence-electron chi connectivity index (χ1n) is 12.3. The Hall–Kier alpha value is -2.96. The van der Waals surface area contributed by atoms with Gasteiger partial charge in [0.25, 0.3) is 5.91 Å². The quantitative estimate of drug-likeness (QED) is 0.151. The Morgan fingerprint density at radius 3 is 2.11 bits per heavy atom. The number of Topliss-reactive ketones (excluding diaryl/α,β-unsaturated/α-hetero) is 1. The minimum Gasteiger partial charge on any atom is -0.377 e. The van der Waals surface area contributed by atoms with Crippen LogP contribution in [-0.4, -0.2) is 90.2 Å². The fourth-order valence-electron chi connectivity index (χ4n) is 3.12. The number of amides is 1. The van der Waals surface area contributed by atoms with Crippen LogP contribution in [0, 0.1) is 6.92 Å². The van der Waals surface area contributed by atoms with Crippen molar-refractivity contribution in [2.24, 2.45) is 0 Å². The van der Waals surface area contributed by atoms with E-state index in [0.29, 0.717) is 46.2 Å². The molecule has 2 rings (SSSR count). The summed E-state index contributed by atoms with van der Waals surface area (Å²) in [4.78, 5) is 29.1. The van der Waals surface area contributed by atoms with Crippen LogP contribution < -0.4 is 5.32 Å². The van der Waals surface area contributed by atoms with E-state index in [1.165, 1.54) is 30.6 Å². The van der Waals surface area contributed by atoms with Crippen molar-refractivity contribution in [3.05, 3.63) is 72.1 Å². The van der Waals surface area contributed by atoms with Gasteiger partial charge in [0, 0.05) is 30.9 Å². The van der Waals surface area contributed by atoms with Crippen LogP contribution >= 0.6 is 0 Å². The van der Waals surface area contributed by atoms with Crippen molar-refractivity contribution in [1.82, 2.24) is 10.3 Å². The van der Waals surface area contributed by atoms with Crippen molar-refractivity contribution in [3.8, 4) is 0 Å². The molecule has 1 N–H and O–H groups in total. The molecule has 38 heavy (non-hydrogen) atoms. The number of nitrogens with zero attached hydrogens (tertiary/aromatic N) is 1. The first-order valence-corrected chi connectivity index (χ1v) is 14.0. The van der Waals surface area contributed by atoms with Gasteiger partial charge in [-0.15, -0.1) is 6.58 Å². The van der Waals surface area contributed by atoms with E-state index in [1.807, 2.05) is 6.92 Å². The second-order valence-corrected chi connectivity index (χ2v) is 10.3. The average Bonchev–Trinajstić information content (AvgIpc) is 2.92. The Kier molecular flexibility index (Phi) is 14.4. The van der Waals surface area contributed by atoms with Gasteiger partial charge in [0.15, 0.2) is 15.6 Å². The Balaban J connectivity index is 1.62. The van der Waals surface area contributed by atoms with Gasteiger partial charge in [0.05, 0.1) is 69.1 Å². The second-order valence-electron chi connectivity index (χ2n) is 8.22. The topological polar surface area (TPSA) is 130 Å². The maximum atomic E-state index is 12.6. The molecule has 0 atom stereocenters. The van der Waals surface area contributed by atoms with E-state index in [9.17, 15) is 18.0 Å². The Bertz CT molecular complexity index is 1120. The highest BCUT2D eigenvalue weighted by Crippen LogP contribution is 2.15. The summed E-state index contributed by atoms with van der Waals surface area (Å²) >= 11 is 0. The maximum absolute atomic E-state index is 12.6. The van der Waals surface area contributed by atoms with Crippen molar-refractivity contribution in [2.75, 3.05) is 65.2 Å². The number of benzene rings is 1. The van der Waals surface area contributed by atoms with E-state index < -0.39 is 21.5 Å². The number of nitrogens with one attached hydrogen (secondary N) is 1. The molecule has 1 aromatic carbocycles. The number of carbonyl (C=O) groups excluding carboxylic acids is 2. The van der Waals surface area contributed by atoms with Gasteiger partial charge in [-0.2, -0.15) is 0 Å². The van der Waals surface area contributed by atoms with Crippen molar-refractivity contribution in [3.63, 3.8) is 0 Å². The van der Waals surface area contributed by atoms with Gasteiger partial charge in [-0.25, -0.2) is 8.42 Å². The number of sulfone groups is 1. The molecule has 0 unspecified atom stereocenters. The minimum atomic E-state index is -3.60. The molecular weight excluding hydrogens is 512 g/mol. The number of ether oxygens (including phenoxy) is 4. The van der Waals surface area contributed by atoms with Gasteiger partial charge in [0.2, 0.25) is 0 Å². The van der Waals surface area contributed by atoms with Crippen molar-refractivity contribution in [1.29, 1.82) is 0 Å². The summed E-state index contributed by atoms with van der Waals surface area (Å²) in [5.74, 6) is -1.14. The van der Waals surface area contributed by atoms with E-state index in [1.54, 1.807) is 18.2 Å². The number of aromatic nitrogens is 1. The van der Waals surface area contributed by atoms with E-state index in [2.05, 4.69) is 16.9 Å². The number of carbonyl (C=O) groups is 2. The molecule has 0 fully saturated rings. The Morgan fingerprint density at radius 1 is 0.895 bits per heavy atom. The zero-order valence-electron chi connectivity index (χ0n) is 21.7. The average molecular weight is 549 g/mol. The van der Waals surface area contributed by atoms with Crippen LogP contribution in [0.3, 0.4) is 0 Å². The lowest BCUT2D eigenvalue weighted by Crippen LogP contribution is -2.28. The third kappa shape index (κ3) is 12.1. The molecule has 0 spiro atoms. The molecule has 208 valence electrons. The predicted octanol–water partition coefficient (Wildman–Crippen LogP) is 2.42. The number of pyridine rings is 1. The number of aryl methyl sites for hydroxylation is 1. The van der Waals surface area contributed by atoms with Gasteiger partial charge >= 0.3 is 0 Å². The molecule has 1 amide bonds. The number of hydrogen-bond donors (Lipinski definition) is 1. The lowest BCUT2D eigenvalue weighted by Gasteiger charge is -2.08. The van der Waals surface area contributed by atoms with Crippen LogP contribution in [0.15, 0.2) is 60.3 Å². The van der Waals surface area contributed by atoms with Gasteiger partial charge in [-0.3, -0.25) is 14.6 Å². The Labute approximate surface area is 224 Å². The lowest BCUT2D eigenvalue weighted by atomic mass is 10.1. The third-order valence-electron chi connectivity index (χ3n) is 5.18. The van der Waals surface area contributed by atoms with Crippen molar-refractivity contribution in [2.45, 2.75) is 18.2 Å². The van der Waals surface area contributed by atoms with Crippen LogP contribution in [-0.2, 0) is 28.8 Å². The smallest absolute Gasteiger partial charge is 0.252 e. The monoisotopic (exact) mass is 548 g/mol. The van der Waals surface area contributed by atoms with Gasteiger partial charge in [0.1, 0.15) is 0 Å². The lowest BCUT2D eigenvalue weighted by molar-refractivity contribution is 0.00135. The fourth-order valence-corrected chi connectivity index (χ4v) is 4.36. The number of ketones is 1. The number of rotatable bonds is 20. The molecule has 0 radical (unpaired) electrons. The van der Waals surface area contributed by atoms with Crippen LogP contribution in [0.2, 0.25) is 0 Å². The normalized spacial score (nSPS) is 11.3. The van der Waals surface area contributed by atoms with E-state index in [-0.39, 0.29) is 41.3 Å². The summed E-state index contributed by atoms with van der Waals surface area (Å²) in [5, 5.41) is 2.70. The molecule has 0 saturated heterocycles. The molecule has 0 aliphatic heterocycles. The highest BCUT2D eigenvalue weighted by atomic mass is 32.2. The summed E-state index contributed by atoms with van der Waals surface area (Å²) in [6, 6.07) is 7.88. The zero-order valence-corrected chi connectivity index (χ0v) is 22.5. The molecule has 11 heteroatoms. The van der Waals surface area contributed by atoms with Crippen LogP contribution in [0.5, 0.6) is 0 Å². The first kappa shape index (κ1) is 31.3. The number of hydrogen-bond acceptors (Lipinski definition) is 9. The van der Waals surface area contributed by atoms with Gasteiger partial charge in [-0.05, 0) is 25.1 Å². The van der Waals surface area contributed by atoms with E-state index >= 15 is 0 Å². The van der Waals surface area contributed by atoms with E-state index in [0.717, 1.165) is 5.56 Å². The van der Waals surface area contributed by atoms with Crippen molar-refractivity contribution >= 4 is 21.5 Å². The summed E-state index contributed by atoms with van der Waals surface area (Å²) in [6.45, 7) is 9.17. The van der Waals surface area contributed by atoms with Crippen molar-refractivity contribution < 1.29 is 37.0 Å². The molecule has 10 nitrogen and oxygen atoms in total. The first-order chi connectivity index (χ1) is 18.3. The highest BCUT2D eigenvalue weighted by molar-refractivity contribution is 7.91. The minimum absolute atomic E-state index is 0.172. The molecule has 0 bridgehead atoms. The predicted molar refractivity (Wildman–Crippen MR) is 142 cm³/mol. The molecule has 1 aromatic heterocycles. The second kappa shape index (κ2) is 17.5. The summed E-state index contributed by atoms with van der Waals surface area (Å²) in [6.07, 6.45) is 4.13. The van der Waals surface area contributed by atoms with Crippen LogP contribution in [0.25, 0.3) is 0 Å². The fraction of sp³-hybridized carbons (Fsp3) is 0.444. The van der Waals surface area contributed by atoms with Crippen LogP contribution in [0.4, 0.5) is 0 Å². The molecule has 0 aliphatic carbocycles. The molecule has 0 aliphatic rings. The largest absolute Gasteiger partial charge is 0.377 e. The molecular formula is C27H36N2O8S.